The van der Waals surface area contributed by atoms with Crippen LogP contribution in [0.5, 0.6) is 5.75 Å². The van der Waals surface area contributed by atoms with Crippen LogP contribution in [-0.4, -0.2) is 29.6 Å². The van der Waals surface area contributed by atoms with E-state index in [1.54, 1.807) is 6.07 Å². The number of amides is 1. The van der Waals surface area contributed by atoms with Gasteiger partial charge in [-0.2, -0.15) is 0 Å². The highest BCUT2D eigenvalue weighted by atomic mass is 32.1. The Labute approximate surface area is 121 Å². The topological polar surface area (TPSA) is 75.6 Å². The molecule has 1 aliphatic carbocycles. The third-order valence-electron chi connectivity index (χ3n) is 3.01. The molecule has 0 saturated heterocycles. The second-order valence-corrected chi connectivity index (χ2v) is 6.33. The van der Waals surface area contributed by atoms with Crippen LogP contribution >= 0.6 is 11.3 Å². The van der Waals surface area contributed by atoms with Crippen LogP contribution in [0.25, 0.3) is 0 Å². The fraction of sp³-hybridized carbons (Fsp3) is 0.571. The maximum atomic E-state index is 11.5. The van der Waals surface area contributed by atoms with Crippen molar-refractivity contribution in [2.75, 3.05) is 6.61 Å². The van der Waals surface area contributed by atoms with Crippen molar-refractivity contribution in [2.24, 2.45) is 0 Å². The lowest BCUT2D eigenvalue weighted by atomic mass is 10.2. The molecular weight excluding hydrogens is 278 g/mol. The molecule has 0 aliphatic heterocycles. The summed E-state index contributed by atoms with van der Waals surface area (Å²) in [7, 11) is 0. The number of carbonyl (C=O) groups is 2. The predicted octanol–water partition coefficient (Wildman–Crippen LogP) is 2.62. The van der Waals surface area contributed by atoms with E-state index in [1.165, 1.54) is 11.3 Å². The van der Waals surface area contributed by atoms with Crippen molar-refractivity contribution in [3.63, 3.8) is 0 Å². The van der Waals surface area contributed by atoms with Crippen LogP contribution in [0.1, 0.15) is 53.6 Å². The molecule has 5 nitrogen and oxygen atoms in total. The molecular formula is C14H19NO4S. The van der Waals surface area contributed by atoms with Crippen molar-refractivity contribution in [3.05, 3.63) is 15.8 Å². The monoisotopic (exact) mass is 297 g/mol. The van der Waals surface area contributed by atoms with E-state index in [0.29, 0.717) is 11.8 Å². The first-order valence-corrected chi connectivity index (χ1v) is 7.58. The van der Waals surface area contributed by atoms with Gasteiger partial charge < -0.3 is 15.2 Å². The molecule has 1 saturated carbocycles. The third-order valence-corrected chi connectivity index (χ3v) is 4.41. The summed E-state index contributed by atoms with van der Waals surface area (Å²) in [6.45, 7) is 4.21. The molecule has 0 atom stereocenters. The van der Waals surface area contributed by atoms with E-state index in [1.807, 2.05) is 13.8 Å². The van der Waals surface area contributed by atoms with E-state index in [4.69, 9.17) is 9.84 Å². The maximum Gasteiger partial charge on any atom is 0.349 e. The molecule has 0 radical (unpaired) electrons. The van der Waals surface area contributed by atoms with Crippen LogP contribution in [0.3, 0.4) is 0 Å². The van der Waals surface area contributed by atoms with Gasteiger partial charge in [-0.15, -0.1) is 11.3 Å². The molecule has 6 heteroatoms. The van der Waals surface area contributed by atoms with E-state index < -0.39 is 5.97 Å². The van der Waals surface area contributed by atoms with Crippen molar-refractivity contribution in [3.8, 4) is 5.75 Å². The number of hydrogen-bond donors (Lipinski definition) is 2. The average Bonchev–Trinajstić information content (AvgIpc) is 3.05. The predicted molar refractivity (Wildman–Crippen MR) is 76.6 cm³/mol. The number of hydrogen-bond acceptors (Lipinski definition) is 4. The highest BCUT2D eigenvalue weighted by Crippen LogP contribution is 2.33. The average molecular weight is 297 g/mol. The van der Waals surface area contributed by atoms with Crippen molar-refractivity contribution in [1.82, 2.24) is 5.32 Å². The Hall–Kier alpha value is -1.56. The van der Waals surface area contributed by atoms with E-state index in [2.05, 4.69) is 5.32 Å². The first-order valence-electron chi connectivity index (χ1n) is 6.76. The fourth-order valence-electron chi connectivity index (χ4n) is 1.71. The molecule has 1 fully saturated rings. The SMILES string of the molecule is CC(C)c1cc(OCCC(=O)NC2CC2)c(C(=O)O)s1. The normalized spacial score (nSPS) is 14.3. The molecule has 1 aliphatic rings. The zero-order chi connectivity index (χ0) is 14.7. The Morgan fingerprint density at radius 1 is 1.50 bits per heavy atom. The molecule has 0 unspecified atom stereocenters. The Bertz CT molecular complexity index is 505. The van der Waals surface area contributed by atoms with Crippen molar-refractivity contribution in [1.29, 1.82) is 0 Å². The summed E-state index contributed by atoms with van der Waals surface area (Å²) >= 11 is 1.23. The minimum Gasteiger partial charge on any atom is -0.491 e. The van der Waals surface area contributed by atoms with Crippen LogP contribution < -0.4 is 10.1 Å². The highest BCUT2D eigenvalue weighted by Gasteiger charge is 2.23. The number of ether oxygens (including phenoxy) is 1. The largest absolute Gasteiger partial charge is 0.491 e. The molecule has 0 aromatic carbocycles. The maximum absolute atomic E-state index is 11.5. The number of carboxylic acids is 1. The van der Waals surface area contributed by atoms with Gasteiger partial charge in [0.15, 0.2) is 4.88 Å². The van der Waals surface area contributed by atoms with Crippen LogP contribution in [-0.2, 0) is 4.79 Å². The molecule has 2 rings (SSSR count). The van der Waals surface area contributed by atoms with Gasteiger partial charge in [0.05, 0.1) is 13.0 Å². The third kappa shape index (κ3) is 3.96. The van der Waals surface area contributed by atoms with Crippen LogP contribution in [0.15, 0.2) is 6.07 Å². The molecule has 0 bridgehead atoms. The van der Waals surface area contributed by atoms with Crippen molar-refractivity contribution < 1.29 is 19.4 Å². The number of rotatable bonds is 7. The Kier molecular flexibility index (Phi) is 4.65. The molecule has 1 aromatic rings. The van der Waals surface area contributed by atoms with Gasteiger partial charge in [0.25, 0.3) is 0 Å². The lowest BCUT2D eigenvalue weighted by Crippen LogP contribution is -2.26. The van der Waals surface area contributed by atoms with E-state index in [-0.39, 0.29) is 29.7 Å². The highest BCUT2D eigenvalue weighted by molar-refractivity contribution is 7.14. The molecule has 110 valence electrons. The van der Waals surface area contributed by atoms with Crippen molar-refractivity contribution >= 4 is 23.2 Å². The van der Waals surface area contributed by atoms with Crippen molar-refractivity contribution in [2.45, 2.75) is 45.1 Å². The second kappa shape index (κ2) is 6.26. The zero-order valence-electron chi connectivity index (χ0n) is 11.6. The van der Waals surface area contributed by atoms with Gasteiger partial charge in [-0.05, 0) is 24.8 Å². The summed E-state index contributed by atoms with van der Waals surface area (Å²) in [6, 6.07) is 2.10. The fourth-order valence-corrected chi connectivity index (χ4v) is 2.66. The molecule has 2 N–H and O–H groups in total. The van der Waals surface area contributed by atoms with Crippen LogP contribution in [0.2, 0.25) is 0 Å². The van der Waals surface area contributed by atoms with Gasteiger partial charge in [-0.3, -0.25) is 4.79 Å². The smallest absolute Gasteiger partial charge is 0.349 e. The number of thiophene rings is 1. The summed E-state index contributed by atoms with van der Waals surface area (Å²) in [5.74, 6) is -0.401. The van der Waals surface area contributed by atoms with Gasteiger partial charge in [0, 0.05) is 10.9 Å². The molecule has 1 heterocycles. The number of aromatic carboxylic acids is 1. The summed E-state index contributed by atoms with van der Waals surface area (Å²) in [5, 5.41) is 12.0. The van der Waals surface area contributed by atoms with Gasteiger partial charge in [-0.25, -0.2) is 4.79 Å². The number of carboxylic acid groups (broad SMARTS) is 1. The van der Waals surface area contributed by atoms with E-state index in [0.717, 1.165) is 17.7 Å². The standard InChI is InChI=1S/C14H19NO4S/c1-8(2)11-7-10(13(20-11)14(17)18)19-6-5-12(16)15-9-3-4-9/h7-9H,3-6H2,1-2H3,(H,15,16)(H,17,18). The molecule has 0 spiro atoms. The zero-order valence-corrected chi connectivity index (χ0v) is 12.5. The van der Waals surface area contributed by atoms with Gasteiger partial charge in [0.2, 0.25) is 5.91 Å². The van der Waals surface area contributed by atoms with Crippen LogP contribution in [0.4, 0.5) is 0 Å². The number of carbonyl (C=O) groups excluding carboxylic acids is 1. The summed E-state index contributed by atoms with van der Waals surface area (Å²) < 4.78 is 5.47. The minimum absolute atomic E-state index is 0.0383. The Balaban J connectivity index is 1.90. The molecule has 20 heavy (non-hydrogen) atoms. The quantitative estimate of drug-likeness (QED) is 0.811. The number of nitrogens with one attached hydrogen (secondary N) is 1. The first kappa shape index (κ1) is 14.8. The molecule has 1 aromatic heterocycles. The minimum atomic E-state index is -0.987. The Morgan fingerprint density at radius 2 is 2.20 bits per heavy atom. The lowest BCUT2D eigenvalue weighted by molar-refractivity contribution is -0.121. The Morgan fingerprint density at radius 3 is 2.75 bits per heavy atom. The van der Waals surface area contributed by atoms with Gasteiger partial charge >= 0.3 is 5.97 Å². The summed E-state index contributed by atoms with van der Waals surface area (Å²) in [6.07, 6.45) is 2.36. The summed E-state index contributed by atoms with van der Waals surface area (Å²) in [4.78, 5) is 23.8. The van der Waals surface area contributed by atoms with Gasteiger partial charge in [0.1, 0.15) is 5.75 Å². The lowest BCUT2D eigenvalue weighted by Gasteiger charge is -2.06. The summed E-state index contributed by atoms with van der Waals surface area (Å²) in [5.41, 5.74) is 0. The van der Waals surface area contributed by atoms with Crippen LogP contribution in [0, 0.1) is 0 Å². The van der Waals surface area contributed by atoms with Gasteiger partial charge in [-0.1, -0.05) is 13.8 Å². The first-order chi connectivity index (χ1) is 9.47. The molecule has 1 amide bonds. The van der Waals surface area contributed by atoms with E-state index >= 15 is 0 Å². The van der Waals surface area contributed by atoms with E-state index in [9.17, 15) is 9.59 Å². The second-order valence-electron chi connectivity index (χ2n) is 5.24.